The molecule has 0 amide bonds. The lowest BCUT2D eigenvalue weighted by Gasteiger charge is -2.35. The largest absolute Gasteiger partial charge is 0.369 e. The van der Waals surface area contributed by atoms with E-state index in [0.29, 0.717) is 24.8 Å². The molecule has 0 saturated carbocycles. The lowest BCUT2D eigenvalue weighted by molar-refractivity contribution is -0.0560. The van der Waals surface area contributed by atoms with Gasteiger partial charge in [0, 0.05) is 6.08 Å². The Morgan fingerprint density at radius 1 is 1.50 bits per heavy atom. The van der Waals surface area contributed by atoms with Crippen molar-refractivity contribution in [3.8, 4) is 6.07 Å². The Morgan fingerprint density at radius 3 is 2.88 bits per heavy atom. The van der Waals surface area contributed by atoms with E-state index in [9.17, 15) is 4.79 Å². The van der Waals surface area contributed by atoms with Crippen molar-refractivity contribution in [2.45, 2.75) is 59.1 Å². The van der Waals surface area contributed by atoms with Crippen molar-refractivity contribution in [1.82, 2.24) is 9.55 Å². The summed E-state index contributed by atoms with van der Waals surface area (Å²) in [4.78, 5) is 15.8. The Labute approximate surface area is 190 Å². The van der Waals surface area contributed by atoms with Gasteiger partial charge in [0.2, 0.25) is 0 Å². The molecule has 2 heterocycles. The minimum atomic E-state index is -0.421. The fraction of sp³-hybridized carbons (Fsp3) is 0.407. The molecule has 3 rings (SSSR count). The number of H-pyrrole nitrogens is 1. The minimum Gasteiger partial charge on any atom is -0.369 e. The van der Waals surface area contributed by atoms with Crippen LogP contribution in [-0.4, -0.2) is 21.8 Å². The Hall–Kier alpha value is -3.10. The molecule has 0 aromatic carbocycles. The molecule has 1 saturated heterocycles. The van der Waals surface area contributed by atoms with Crippen LogP contribution in [-0.2, 0) is 11.3 Å². The molecule has 1 N–H and O–H groups in total. The monoisotopic (exact) mass is 431 g/mol. The standard InChI is InChI=1S/C27H33N3O2/c1-7-24-25(30(26(31)29-24)17-27(6)11-10-18(2)16-32-27)14-20(4)23-13-19(3)21(5)22(15-23)9-8-12-28/h7-9,14-15,19H,1-2,10-11,13,16-17H2,3-6H3,(H,29,31)/b9-8-,20-14+/t19-,27-/m1/s1. The number of nitriles is 1. The molecule has 2 atom stereocenters. The van der Waals surface area contributed by atoms with Crippen molar-refractivity contribution in [3.05, 3.63) is 81.1 Å². The number of ether oxygens (including phenoxy) is 1. The van der Waals surface area contributed by atoms with E-state index in [2.05, 4.69) is 64.1 Å². The van der Waals surface area contributed by atoms with Crippen molar-refractivity contribution in [3.63, 3.8) is 0 Å². The van der Waals surface area contributed by atoms with E-state index in [1.54, 1.807) is 10.6 Å². The van der Waals surface area contributed by atoms with Gasteiger partial charge in [-0.3, -0.25) is 4.57 Å². The first-order valence-electron chi connectivity index (χ1n) is 11.1. The molecule has 0 bridgehead atoms. The van der Waals surface area contributed by atoms with Gasteiger partial charge < -0.3 is 9.72 Å². The first kappa shape index (κ1) is 23.6. The van der Waals surface area contributed by atoms with Gasteiger partial charge in [-0.1, -0.05) is 37.3 Å². The number of hydrogen-bond acceptors (Lipinski definition) is 3. The number of aromatic nitrogens is 2. The van der Waals surface area contributed by atoms with Crippen LogP contribution in [0.5, 0.6) is 0 Å². The normalized spacial score (nSPS) is 24.6. The molecule has 1 aromatic heterocycles. The average Bonchev–Trinajstić information content (AvgIpc) is 3.05. The second-order valence-electron chi connectivity index (χ2n) is 9.21. The summed E-state index contributed by atoms with van der Waals surface area (Å²) >= 11 is 0. The van der Waals surface area contributed by atoms with Crippen LogP contribution in [0.3, 0.4) is 0 Å². The number of rotatable bonds is 6. The van der Waals surface area contributed by atoms with Gasteiger partial charge in [0.15, 0.2) is 0 Å². The zero-order valence-corrected chi connectivity index (χ0v) is 19.6. The topological polar surface area (TPSA) is 70.8 Å². The molecular weight excluding hydrogens is 398 g/mol. The summed E-state index contributed by atoms with van der Waals surface area (Å²) in [6.45, 7) is 17.3. The maximum Gasteiger partial charge on any atom is 0.326 e. The van der Waals surface area contributed by atoms with Crippen molar-refractivity contribution >= 4 is 12.2 Å². The van der Waals surface area contributed by atoms with Gasteiger partial charge in [-0.15, -0.1) is 0 Å². The zero-order valence-electron chi connectivity index (χ0n) is 19.6. The predicted octanol–water partition coefficient (Wildman–Crippen LogP) is 5.71. The third-order valence-electron chi connectivity index (χ3n) is 6.63. The molecule has 1 aliphatic carbocycles. The Balaban J connectivity index is 2.00. The second-order valence-corrected chi connectivity index (χ2v) is 9.21. The van der Waals surface area contributed by atoms with Gasteiger partial charge in [0.05, 0.1) is 36.2 Å². The summed E-state index contributed by atoms with van der Waals surface area (Å²) in [7, 11) is 0. The van der Waals surface area contributed by atoms with Gasteiger partial charge in [-0.25, -0.2) is 4.79 Å². The average molecular weight is 432 g/mol. The molecule has 32 heavy (non-hydrogen) atoms. The maximum atomic E-state index is 12.8. The number of imidazole rings is 1. The molecule has 0 radical (unpaired) electrons. The van der Waals surface area contributed by atoms with E-state index in [-0.39, 0.29) is 5.69 Å². The zero-order chi connectivity index (χ0) is 23.5. The highest BCUT2D eigenvalue weighted by atomic mass is 16.5. The summed E-state index contributed by atoms with van der Waals surface area (Å²) in [5.74, 6) is 0.381. The lowest BCUT2D eigenvalue weighted by atomic mass is 9.82. The number of hydrogen-bond donors (Lipinski definition) is 1. The molecule has 2 aliphatic rings. The van der Waals surface area contributed by atoms with Gasteiger partial charge in [0.1, 0.15) is 0 Å². The van der Waals surface area contributed by atoms with Crippen LogP contribution in [0.2, 0.25) is 0 Å². The summed E-state index contributed by atoms with van der Waals surface area (Å²) in [5.41, 5.74) is 6.68. The smallest absolute Gasteiger partial charge is 0.326 e. The molecule has 0 spiro atoms. The first-order valence-corrected chi connectivity index (χ1v) is 11.1. The lowest BCUT2D eigenvalue weighted by Crippen LogP contribution is -2.40. The molecule has 1 aliphatic heterocycles. The Morgan fingerprint density at radius 2 is 2.25 bits per heavy atom. The first-order chi connectivity index (χ1) is 15.2. The molecule has 1 fully saturated rings. The third-order valence-corrected chi connectivity index (χ3v) is 6.63. The molecule has 5 heteroatoms. The van der Waals surface area contributed by atoms with E-state index in [1.807, 2.05) is 6.08 Å². The van der Waals surface area contributed by atoms with Crippen LogP contribution >= 0.6 is 0 Å². The fourth-order valence-electron chi connectivity index (χ4n) is 4.30. The van der Waals surface area contributed by atoms with Crippen molar-refractivity contribution in [2.75, 3.05) is 6.61 Å². The Kier molecular flexibility index (Phi) is 7.06. The van der Waals surface area contributed by atoms with Crippen LogP contribution in [0.4, 0.5) is 0 Å². The highest BCUT2D eigenvalue weighted by Gasteiger charge is 2.31. The van der Waals surface area contributed by atoms with E-state index in [0.717, 1.165) is 41.7 Å². The molecule has 1 aromatic rings. The molecular formula is C27H33N3O2. The molecule has 0 unspecified atom stereocenters. The van der Waals surface area contributed by atoms with Gasteiger partial charge in [-0.2, -0.15) is 5.26 Å². The predicted molar refractivity (Wildman–Crippen MR) is 131 cm³/mol. The number of nitrogens with one attached hydrogen (secondary N) is 1. The highest BCUT2D eigenvalue weighted by Crippen LogP contribution is 2.34. The van der Waals surface area contributed by atoms with Crippen molar-refractivity contribution < 1.29 is 4.74 Å². The summed E-state index contributed by atoms with van der Waals surface area (Å²) < 4.78 is 7.83. The van der Waals surface area contributed by atoms with Gasteiger partial charge >= 0.3 is 5.69 Å². The minimum absolute atomic E-state index is 0.160. The summed E-state index contributed by atoms with van der Waals surface area (Å²) in [6, 6.07) is 2.08. The van der Waals surface area contributed by atoms with E-state index in [4.69, 9.17) is 10.00 Å². The summed E-state index contributed by atoms with van der Waals surface area (Å²) in [5, 5.41) is 8.93. The second kappa shape index (κ2) is 9.58. The summed E-state index contributed by atoms with van der Waals surface area (Å²) in [6.07, 6.45) is 11.9. The van der Waals surface area contributed by atoms with Crippen LogP contribution < -0.4 is 5.69 Å². The third kappa shape index (κ3) is 5.03. The van der Waals surface area contributed by atoms with E-state index in [1.165, 1.54) is 17.2 Å². The quantitative estimate of drug-likeness (QED) is 0.463. The molecule has 5 nitrogen and oxygen atoms in total. The van der Waals surface area contributed by atoms with Crippen molar-refractivity contribution in [2.24, 2.45) is 5.92 Å². The highest BCUT2D eigenvalue weighted by molar-refractivity contribution is 5.65. The van der Waals surface area contributed by atoms with E-state index < -0.39 is 5.60 Å². The van der Waals surface area contributed by atoms with Crippen LogP contribution in [0.15, 0.2) is 64.0 Å². The van der Waals surface area contributed by atoms with E-state index >= 15 is 0 Å². The number of allylic oxidation sites excluding steroid dienone is 7. The number of aromatic amines is 1. The fourth-order valence-corrected chi connectivity index (χ4v) is 4.30. The van der Waals surface area contributed by atoms with Gasteiger partial charge in [0.25, 0.3) is 0 Å². The van der Waals surface area contributed by atoms with Gasteiger partial charge in [-0.05, 0) is 80.9 Å². The van der Waals surface area contributed by atoms with Crippen LogP contribution in [0.1, 0.15) is 58.3 Å². The Bertz CT molecular complexity index is 1130. The van der Waals surface area contributed by atoms with Crippen LogP contribution in [0, 0.1) is 17.2 Å². The SMILES string of the molecule is C=Cc1[nH]c(=O)n(C[C@@]2(C)CCC(=C)CO2)c1/C=C(\C)C1=CC(/C=C\C#N)=C(C)[C@H](C)C1. The molecule has 168 valence electrons. The number of nitrogens with zero attached hydrogens (tertiary/aromatic N) is 2. The van der Waals surface area contributed by atoms with Crippen LogP contribution in [0.25, 0.3) is 12.2 Å². The van der Waals surface area contributed by atoms with Crippen molar-refractivity contribution in [1.29, 1.82) is 5.26 Å². The maximum absolute atomic E-state index is 12.8.